The second kappa shape index (κ2) is 4.97. The van der Waals surface area contributed by atoms with Gasteiger partial charge in [-0.2, -0.15) is 4.37 Å². The highest BCUT2D eigenvalue weighted by molar-refractivity contribution is 7.11. The van der Waals surface area contributed by atoms with Crippen molar-refractivity contribution >= 4 is 28.3 Å². The van der Waals surface area contributed by atoms with Gasteiger partial charge in [-0.1, -0.05) is 0 Å². The number of anilines is 2. The number of aromatic nitrogens is 1. The molecular formula is C9H15N3O2S. The van der Waals surface area contributed by atoms with Crippen molar-refractivity contribution in [3.63, 3.8) is 0 Å². The van der Waals surface area contributed by atoms with E-state index in [1.165, 1.54) is 11.5 Å². The van der Waals surface area contributed by atoms with Crippen molar-refractivity contribution in [3.8, 4) is 0 Å². The number of nitrogens with zero attached hydrogens (tertiary/aromatic N) is 2. The van der Waals surface area contributed by atoms with Gasteiger partial charge in [0.05, 0.1) is 6.61 Å². The molecule has 0 saturated carbocycles. The summed E-state index contributed by atoms with van der Waals surface area (Å²) in [5.74, 6) is -0.159. The average molecular weight is 229 g/mol. The van der Waals surface area contributed by atoms with E-state index in [1.807, 2.05) is 18.9 Å². The SMILES string of the molecule is CCOC(=O)c1c(N)nsc1N(C)CC. The maximum atomic E-state index is 11.6. The molecule has 0 aliphatic carbocycles. The predicted molar refractivity (Wildman–Crippen MR) is 61.4 cm³/mol. The van der Waals surface area contributed by atoms with Crippen LogP contribution in [0, 0.1) is 0 Å². The molecule has 1 rings (SSSR count). The van der Waals surface area contributed by atoms with Gasteiger partial charge in [-0.25, -0.2) is 4.79 Å². The van der Waals surface area contributed by atoms with Gasteiger partial charge in [0.25, 0.3) is 0 Å². The Morgan fingerprint density at radius 1 is 1.60 bits per heavy atom. The van der Waals surface area contributed by atoms with Crippen LogP contribution in [0.3, 0.4) is 0 Å². The molecule has 2 N–H and O–H groups in total. The van der Waals surface area contributed by atoms with Crippen LogP contribution in [0.15, 0.2) is 0 Å². The maximum absolute atomic E-state index is 11.6. The van der Waals surface area contributed by atoms with Crippen LogP contribution in [0.5, 0.6) is 0 Å². The lowest BCUT2D eigenvalue weighted by molar-refractivity contribution is 0.0528. The third kappa shape index (κ3) is 2.38. The molecule has 0 saturated heterocycles. The summed E-state index contributed by atoms with van der Waals surface area (Å²) in [7, 11) is 1.88. The lowest BCUT2D eigenvalue weighted by atomic mass is 10.3. The molecule has 0 spiro atoms. The molecule has 0 aliphatic rings. The van der Waals surface area contributed by atoms with Crippen molar-refractivity contribution in [2.45, 2.75) is 13.8 Å². The van der Waals surface area contributed by atoms with E-state index < -0.39 is 5.97 Å². The zero-order chi connectivity index (χ0) is 11.4. The maximum Gasteiger partial charge on any atom is 0.345 e. The van der Waals surface area contributed by atoms with E-state index in [1.54, 1.807) is 6.92 Å². The van der Waals surface area contributed by atoms with E-state index in [0.717, 1.165) is 11.5 Å². The van der Waals surface area contributed by atoms with Crippen molar-refractivity contribution in [3.05, 3.63) is 5.56 Å². The number of nitrogens with two attached hydrogens (primary N) is 1. The summed E-state index contributed by atoms with van der Waals surface area (Å²) in [6.45, 7) is 4.87. The van der Waals surface area contributed by atoms with Crippen LogP contribution in [0.4, 0.5) is 10.8 Å². The van der Waals surface area contributed by atoms with Gasteiger partial charge in [0.1, 0.15) is 10.6 Å². The fourth-order valence-corrected chi connectivity index (χ4v) is 1.92. The van der Waals surface area contributed by atoms with Crippen molar-refractivity contribution < 1.29 is 9.53 Å². The summed E-state index contributed by atoms with van der Waals surface area (Å²) in [5, 5.41) is 0.758. The summed E-state index contributed by atoms with van der Waals surface area (Å²) in [4.78, 5) is 13.5. The van der Waals surface area contributed by atoms with Crippen molar-refractivity contribution in [2.24, 2.45) is 0 Å². The van der Waals surface area contributed by atoms with Crippen LogP contribution in [-0.4, -0.2) is 30.5 Å². The second-order valence-electron chi connectivity index (χ2n) is 2.98. The fraction of sp³-hybridized carbons (Fsp3) is 0.556. The van der Waals surface area contributed by atoms with Crippen LogP contribution in [-0.2, 0) is 4.74 Å². The number of nitrogen functional groups attached to an aromatic ring is 1. The first-order valence-corrected chi connectivity index (χ1v) is 5.52. The predicted octanol–water partition coefficient (Wildman–Crippen LogP) is 1.36. The van der Waals surface area contributed by atoms with Gasteiger partial charge < -0.3 is 15.4 Å². The van der Waals surface area contributed by atoms with E-state index in [4.69, 9.17) is 10.5 Å². The van der Waals surface area contributed by atoms with Crippen LogP contribution in [0.1, 0.15) is 24.2 Å². The number of carbonyl (C=O) groups excluding carboxylic acids is 1. The van der Waals surface area contributed by atoms with Gasteiger partial charge >= 0.3 is 5.97 Å². The Bertz CT molecular complexity index is 351. The Kier molecular flexibility index (Phi) is 3.90. The molecule has 15 heavy (non-hydrogen) atoms. The summed E-state index contributed by atoms with van der Waals surface area (Å²) in [6.07, 6.45) is 0. The van der Waals surface area contributed by atoms with Crippen molar-refractivity contribution in [2.75, 3.05) is 30.8 Å². The molecular weight excluding hydrogens is 214 g/mol. The smallest absolute Gasteiger partial charge is 0.345 e. The lowest BCUT2D eigenvalue weighted by Gasteiger charge is -2.15. The minimum absolute atomic E-state index is 0.244. The van der Waals surface area contributed by atoms with E-state index in [0.29, 0.717) is 12.2 Å². The number of carbonyl (C=O) groups is 1. The van der Waals surface area contributed by atoms with Crippen LogP contribution in [0.2, 0.25) is 0 Å². The van der Waals surface area contributed by atoms with Crippen LogP contribution >= 0.6 is 11.5 Å². The van der Waals surface area contributed by atoms with Crippen LogP contribution in [0.25, 0.3) is 0 Å². The Hall–Kier alpha value is -1.30. The molecule has 0 aromatic carbocycles. The van der Waals surface area contributed by atoms with E-state index in [2.05, 4.69) is 4.37 Å². The molecule has 0 atom stereocenters. The van der Waals surface area contributed by atoms with Gasteiger partial charge in [0, 0.05) is 13.6 Å². The average Bonchev–Trinajstić information content (AvgIpc) is 2.59. The van der Waals surface area contributed by atoms with Gasteiger partial charge in [-0.05, 0) is 25.4 Å². The molecule has 6 heteroatoms. The minimum atomic E-state index is -0.404. The zero-order valence-electron chi connectivity index (χ0n) is 9.11. The van der Waals surface area contributed by atoms with Gasteiger partial charge in [-0.3, -0.25) is 0 Å². The highest BCUT2D eigenvalue weighted by Crippen LogP contribution is 2.30. The third-order valence-corrected chi connectivity index (χ3v) is 2.98. The highest BCUT2D eigenvalue weighted by Gasteiger charge is 2.22. The van der Waals surface area contributed by atoms with Crippen molar-refractivity contribution in [1.82, 2.24) is 4.37 Å². The highest BCUT2D eigenvalue weighted by atomic mass is 32.1. The number of esters is 1. The van der Waals surface area contributed by atoms with Gasteiger partial charge in [-0.15, -0.1) is 0 Å². The standard InChI is InChI=1S/C9H15N3O2S/c1-4-12(3)8-6(7(10)11-15-8)9(13)14-5-2/h4-5H2,1-3H3,(H2,10,11). The molecule has 0 fully saturated rings. The molecule has 1 heterocycles. The lowest BCUT2D eigenvalue weighted by Crippen LogP contribution is -2.18. The number of hydrogen-bond donors (Lipinski definition) is 1. The van der Waals surface area contributed by atoms with E-state index in [9.17, 15) is 4.79 Å². The summed E-state index contributed by atoms with van der Waals surface area (Å²) >= 11 is 1.21. The number of hydrogen-bond acceptors (Lipinski definition) is 6. The second-order valence-corrected chi connectivity index (χ2v) is 3.73. The van der Waals surface area contributed by atoms with Gasteiger partial charge in [0.15, 0.2) is 5.82 Å². The Morgan fingerprint density at radius 2 is 2.27 bits per heavy atom. The Balaban J connectivity index is 3.03. The Morgan fingerprint density at radius 3 is 2.80 bits per heavy atom. The number of rotatable bonds is 4. The topological polar surface area (TPSA) is 68.5 Å². The molecule has 1 aromatic heterocycles. The van der Waals surface area contributed by atoms with E-state index in [-0.39, 0.29) is 5.82 Å². The third-order valence-electron chi connectivity index (χ3n) is 2.00. The first-order chi connectivity index (χ1) is 7.11. The van der Waals surface area contributed by atoms with Crippen molar-refractivity contribution in [1.29, 1.82) is 0 Å². The molecule has 84 valence electrons. The quantitative estimate of drug-likeness (QED) is 0.789. The Labute approximate surface area is 93.0 Å². The molecule has 0 amide bonds. The van der Waals surface area contributed by atoms with Gasteiger partial charge in [0.2, 0.25) is 0 Å². The summed E-state index contributed by atoms with van der Waals surface area (Å²) in [5.41, 5.74) is 6.02. The molecule has 0 radical (unpaired) electrons. The minimum Gasteiger partial charge on any atom is -0.462 e. The molecule has 0 bridgehead atoms. The first-order valence-electron chi connectivity index (χ1n) is 4.75. The molecule has 0 aliphatic heterocycles. The summed E-state index contributed by atoms with van der Waals surface area (Å²) < 4.78 is 8.89. The van der Waals surface area contributed by atoms with E-state index >= 15 is 0 Å². The zero-order valence-corrected chi connectivity index (χ0v) is 9.93. The normalized spacial score (nSPS) is 10.1. The largest absolute Gasteiger partial charge is 0.462 e. The fourth-order valence-electron chi connectivity index (χ4n) is 1.09. The van der Waals surface area contributed by atoms with Crippen LogP contribution < -0.4 is 10.6 Å². The monoisotopic (exact) mass is 229 g/mol. The molecule has 5 nitrogen and oxygen atoms in total. The molecule has 0 unspecified atom stereocenters. The summed E-state index contributed by atoms with van der Waals surface area (Å²) in [6, 6.07) is 0. The first kappa shape index (κ1) is 11.8. The number of ether oxygens (including phenoxy) is 1. The molecule has 1 aromatic rings.